The Hall–Kier alpha value is -2.69. The predicted molar refractivity (Wildman–Crippen MR) is 79.6 cm³/mol. The number of nitrogens with zero attached hydrogens (tertiary/aromatic N) is 3. The molecule has 21 heavy (non-hydrogen) atoms. The highest BCUT2D eigenvalue weighted by molar-refractivity contribution is 6.16. The molecular weight excluding hydrogens is 266 g/mol. The quantitative estimate of drug-likeness (QED) is 0.690. The molecule has 5 nitrogen and oxygen atoms in total. The van der Waals surface area contributed by atoms with E-state index < -0.39 is 0 Å². The molecule has 0 unspecified atom stereocenters. The van der Waals surface area contributed by atoms with E-state index in [1.165, 1.54) is 0 Å². The molecule has 0 spiro atoms. The van der Waals surface area contributed by atoms with Crippen LogP contribution in [0.5, 0.6) is 5.75 Å². The van der Waals surface area contributed by atoms with Gasteiger partial charge in [-0.3, -0.25) is 14.5 Å². The van der Waals surface area contributed by atoms with Crippen LogP contribution in [0.2, 0.25) is 0 Å². The summed E-state index contributed by atoms with van der Waals surface area (Å²) in [5, 5.41) is 5.02. The van der Waals surface area contributed by atoms with Gasteiger partial charge in [-0.2, -0.15) is 5.10 Å². The van der Waals surface area contributed by atoms with Crippen LogP contribution in [0, 0.1) is 0 Å². The van der Waals surface area contributed by atoms with Crippen LogP contribution in [-0.4, -0.2) is 27.7 Å². The fraction of sp³-hybridized carbons (Fsp3) is 0.188. The Bertz CT molecular complexity index is 781. The molecule has 0 aliphatic rings. The van der Waals surface area contributed by atoms with Crippen LogP contribution in [0.25, 0.3) is 10.9 Å². The maximum Gasteiger partial charge on any atom is 0.215 e. The molecule has 0 N–H and O–H groups in total. The Morgan fingerprint density at radius 2 is 2.14 bits per heavy atom. The van der Waals surface area contributed by atoms with E-state index in [4.69, 9.17) is 4.74 Å². The van der Waals surface area contributed by atoms with Crippen molar-refractivity contribution in [3.63, 3.8) is 0 Å². The van der Waals surface area contributed by atoms with E-state index in [0.29, 0.717) is 23.6 Å². The van der Waals surface area contributed by atoms with Crippen molar-refractivity contribution in [1.82, 2.24) is 14.8 Å². The normalized spacial score (nSPS) is 10.8. The van der Waals surface area contributed by atoms with E-state index >= 15 is 0 Å². The fourth-order valence-electron chi connectivity index (χ4n) is 2.42. The molecule has 0 amide bonds. The smallest absolute Gasteiger partial charge is 0.215 e. The van der Waals surface area contributed by atoms with Crippen molar-refractivity contribution in [3.8, 4) is 5.75 Å². The highest BCUT2D eigenvalue weighted by atomic mass is 16.5. The van der Waals surface area contributed by atoms with Gasteiger partial charge in [0.1, 0.15) is 0 Å². The molecule has 2 heterocycles. The van der Waals surface area contributed by atoms with E-state index in [-0.39, 0.29) is 5.78 Å². The van der Waals surface area contributed by atoms with Crippen molar-refractivity contribution < 1.29 is 9.53 Å². The molecule has 0 fully saturated rings. The van der Waals surface area contributed by atoms with Crippen molar-refractivity contribution in [3.05, 3.63) is 54.0 Å². The predicted octanol–water partition coefficient (Wildman–Crippen LogP) is 2.69. The van der Waals surface area contributed by atoms with Gasteiger partial charge in [-0.05, 0) is 19.1 Å². The number of aryl methyl sites for hydroxylation is 1. The second-order valence-electron chi connectivity index (χ2n) is 4.58. The summed E-state index contributed by atoms with van der Waals surface area (Å²) in [7, 11) is 1.54. The molecule has 0 aliphatic carbocycles. The number of hydrogen-bond acceptors (Lipinski definition) is 4. The Morgan fingerprint density at radius 3 is 2.90 bits per heavy atom. The lowest BCUT2D eigenvalue weighted by Gasteiger charge is -2.08. The number of pyridine rings is 1. The first-order valence-corrected chi connectivity index (χ1v) is 6.74. The van der Waals surface area contributed by atoms with E-state index in [2.05, 4.69) is 10.1 Å². The lowest BCUT2D eigenvalue weighted by Crippen LogP contribution is -2.12. The van der Waals surface area contributed by atoms with Gasteiger partial charge < -0.3 is 4.74 Å². The zero-order valence-electron chi connectivity index (χ0n) is 11.9. The first kappa shape index (κ1) is 13.3. The lowest BCUT2D eigenvalue weighted by atomic mass is 10.0. The first-order valence-electron chi connectivity index (χ1n) is 6.74. The van der Waals surface area contributed by atoms with Gasteiger partial charge in [0.05, 0.1) is 18.8 Å². The van der Waals surface area contributed by atoms with Gasteiger partial charge in [0.2, 0.25) is 5.78 Å². The number of hydrogen-bond donors (Lipinski definition) is 0. The third kappa shape index (κ3) is 2.16. The number of fused-ring (bicyclic) bond motifs is 1. The van der Waals surface area contributed by atoms with Crippen LogP contribution < -0.4 is 4.74 Å². The number of rotatable bonds is 4. The SMILES string of the molecule is CCn1ncc(OC)c1C(=O)c1cccc2ncccc12. The summed E-state index contributed by atoms with van der Waals surface area (Å²) in [5.41, 5.74) is 1.87. The minimum atomic E-state index is -0.107. The van der Waals surface area contributed by atoms with E-state index in [1.807, 2.05) is 31.2 Å². The Morgan fingerprint density at radius 1 is 1.29 bits per heavy atom. The van der Waals surface area contributed by atoms with Gasteiger partial charge in [0.25, 0.3) is 0 Å². The maximum atomic E-state index is 12.9. The van der Waals surface area contributed by atoms with Gasteiger partial charge in [-0.15, -0.1) is 0 Å². The van der Waals surface area contributed by atoms with Crippen molar-refractivity contribution in [2.24, 2.45) is 0 Å². The second kappa shape index (κ2) is 5.36. The van der Waals surface area contributed by atoms with Crippen LogP contribution >= 0.6 is 0 Å². The number of carbonyl (C=O) groups is 1. The molecule has 5 heteroatoms. The Labute approximate surface area is 122 Å². The average molecular weight is 281 g/mol. The highest BCUT2D eigenvalue weighted by Gasteiger charge is 2.21. The molecule has 3 aromatic rings. The summed E-state index contributed by atoms with van der Waals surface area (Å²) in [6, 6.07) is 9.25. The van der Waals surface area contributed by atoms with E-state index in [0.717, 1.165) is 10.9 Å². The monoisotopic (exact) mass is 281 g/mol. The number of carbonyl (C=O) groups excluding carboxylic acids is 1. The summed E-state index contributed by atoms with van der Waals surface area (Å²) < 4.78 is 6.91. The zero-order valence-corrected chi connectivity index (χ0v) is 11.9. The molecule has 0 radical (unpaired) electrons. The number of methoxy groups -OCH3 is 1. The third-order valence-electron chi connectivity index (χ3n) is 3.43. The van der Waals surface area contributed by atoms with Crippen molar-refractivity contribution in [2.45, 2.75) is 13.5 Å². The maximum absolute atomic E-state index is 12.9. The molecule has 1 aromatic carbocycles. The van der Waals surface area contributed by atoms with Gasteiger partial charge in [-0.1, -0.05) is 18.2 Å². The molecule has 3 rings (SSSR count). The lowest BCUT2D eigenvalue weighted by molar-refractivity contribution is 0.102. The average Bonchev–Trinajstić information content (AvgIpc) is 2.96. The Kier molecular flexibility index (Phi) is 3.39. The molecule has 0 saturated heterocycles. The summed E-state index contributed by atoms with van der Waals surface area (Å²) in [6.45, 7) is 2.54. The molecule has 2 aromatic heterocycles. The standard InChI is InChI=1S/C16H15N3O2/c1-3-19-15(14(21-2)10-18-19)16(20)12-6-4-8-13-11(12)7-5-9-17-13/h4-10H,3H2,1-2H3. The second-order valence-corrected chi connectivity index (χ2v) is 4.58. The van der Waals surface area contributed by atoms with Crippen LogP contribution in [-0.2, 0) is 6.54 Å². The minimum absolute atomic E-state index is 0.107. The largest absolute Gasteiger partial charge is 0.493 e. The molecule has 106 valence electrons. The van der Waals surface area contributed by atoms with Gasteiger partial charge in [0, 0.05) is 23.7 Å². The molecule has 0 aliphatic heterocycles. The van der Waals surface area contributed by atoms with Gasteiger partial charge >= 0.3 is 0 Å². The highest BCUT2D eigenvalue weighted by Crippen LogP contribution is 2.25. The molecule has 0 bridgehead atoms. The van der Waals surface area contributed by atoms with Crippen molar-refractivity contribution in [1.29, 1.82) is 0 Å². The van der Waals surface area contributed by atoms with Crippen molar-refractivity contribution >= 4 is 16.7 Å². The van der Waals surface area contributed by atoms with Crippen LogP contribution in [0.3, 0.4) is 0 Å². The van der Waals surface area contributed by atoms with Crippen LogP contribution in [0.1, 0.15) is 23.0 Å². The number of ketones is 1. The zero-order chi connectivity index (χ0) is 14.8. The fourth-order valence-corrected chi connectivity index (χ4v) is 2.42. The first-order chi connectivity index (χ1) is 10.3. The van der Waals surface area contributed by atoms with E-state index in [9.17, 15) is 4.79 Å². The molecule has 0 saturated carbocycles. The molecular formula is C16H15N3O2. The summed E-state index contributed by atoms with van der Waals surface area (Å²) in [5.74, 6) is 0.382. The summed E-state index contributed by atoms with van der Waals surface area (Å²) in [6.07, 6.45) is 3.29. The topological polar surface area (TPSA) is 57.0 Å². The summed E-state index contributed by atoms with van der Waals surface area (Å²) in [4.78, 5) is 17.2. The third-order valence-corrected chi connectivity index (χ3v) is 3.43. The van der Waals surface area contributed by atoms with Crippen molar-refractivity contribution in [2.75, 3.05) is 7.11 Å². The van der Waals surface area contributed by atoms with Crippen LogP contribution in [0.15, 0.2) is 42.7 Å². The van der Waals surface area contributed by atoms with Gasteiger partial charge in [-0.25, -0.2) is 0 Å². The van der Waals surface area contributed by atoms with Gasteiger partial charge in [0.15, 0.2) is 11.4 Å². The number of aromatic nitrogens is 3. The number of ether oxygens (including phenoxy) is 1. The molecule has 0 atom stereocenters. The Balaban J connectivity index is 2.20. The van der Waals surface area contributed by atoms with Crippen LogP contribution in [0.4, 0.5) is 0 Å². The minimum Gasteiger partial charge on any atom is -0.493 e. The van der Waals surface area contributed by atoms with E-state index in [1.54, 1.807) is 30.3 Å². The number of benzene rings is 1. The summed E-state index contributed by atoms with van der Waals surface area (Å²) >= 11 is 0.